The Bertz CT molecular complexity index is 719. The van der Waals surface area contributed by atoms with Gasteiger partial charge in [-0.1, -0.05) is 6.42 Å². The molecule has 1 fully saturated rings. The summed E-state index contributed by atoms with van der Waals surface area (Å²) >= 11 is 0. The van der Waals surface area contributed by atoms with Gasteiger partial charge in [0.05, 0.1) is 11.4 Å². The zero-order chi connectivity index (χ0) is 16.4. The summed E-state index contributed by atoms with van der Waals surface area (Å²) in [6.45, 7) is 0.997. The fraction of sp³-hybridized carbons (Fsp3) is 0.353. The molecule has 122 valence electrons. The second kappa shape index (κ2) is 6.42. The van der Waals surface area contributed by atoms with E-state index in [0.717, 1.165) is 18.7 Å². The zero-order valence-electron chi connectivity index (χ0n) is 13.1. The Morgan fingerprint density at radius 3 is 2.91 bits per heavy atom. The number of hydrogen-bond donors (Lipinski definition) is 3. The number of benzene rings is 1. The van der Waals surface area contributed by atoms with E-state index in [1.54, 1.807) is 6.07 Å². The number of halogens is 1. The van der Waals surface area contributed by atoms with Crippen molar-refractivity contribution < 1.29 is 9.18 Å². The minimum absolute atomic E-state index is 0.273. The average Bonchev–Trinajstić information content (AvgIpc) is 2.93. The summed E-state index contributed by atoms with van der Waals surface area (Å²) in [6.07, 6.45) is 3.44. The number of nitrogens with one attached hydrogen (secondary N) is 2. The monoisotopic (exact) mass is 316 g/mol. The fourth-order valence-corrected chi connectivity index (χ4v) is 3.03. The number of carbonyl (C=O) groups is 1. The molecule has 1 aliphatic heterocycles. The quantitative estimate of drug-likeness (QED) is 0.763. The molecule has 0 radical (unpaired) electrons. The van der Waals surface area contributed by atoms with Gasteiger partial charge in [0.2, 0.25) is 0 Å². The summed E-state index contributed by atoms with van der Waals surface area (Å²) in [5.74, 6) is -0.736. The van der Waals surface area contributed by atoms with Crippen molar-refractivity contribution in [2.75, 3.05) is 17.6 Å². The highest BCUT2D eigenvalue weighted by molar-refractivity contribution is 6.04. The Morgan fingerprint density at radius 1 is 1.35 bits per heavy atom. The first-order chi connectivity index (χ1) is 11.1. The van der Waals surface area contributed by atoms with Crippen molar-refractivity contribution in [2.45, 2.75) is 25.3 Å². The van der Waals surface area contributed by atoms with E-state index in [9.17, 15) is 9.18 Å². The first-order valence-corrected chi connectivity index (χ1v) is 7.81. The number of hydrogen-bond acceptors (Lipinski definition) is 3. The van der Waals surface area contributed by atoms with E-state index in [-0.39, 0.29) is 17.6 Å². The summed E-state index contributed by atoms with van der Waals surface area (Å²) in [6, 6.07) is 7.95. The molecular formula is C17H21FN4O. The Balaban J connectivity index is 1.80. The second-order valence-electron chi connectivity index (χ2n) is 5.89. The number of anilines is 2. The summed E-state index contributed by atoms with van der Waals surface area (Å²) < 4.78 is 15.2. The van der Waals surface area contributed by atoms with Gasteiger partial charge in [-0.3, -0.25) is 4.79 Å². The SMILES string of the molecule is Cn1c(C(=O)Nc2cc(F)ccc2N)ccc1C1CCCCN1. The highest BCUT2D eigenvalue weighted by Gasteiger charge is 2.21. The molecule has 0 saturated carbocycles. The Morgan fingerprint density at radius 2 is 2.17 bits per heavy atom. The summed E-state index contributed by atoms with van der Waals surface area (Å²) in [7, 11) is 1.87. The molecule has 6 heteroatoms. The molecule has 1 aromatic carbocycles. The topological polar surface area (TPSA) is 72.1 Å². The van der Waals surface area contributed by atoms with Crippen LogP contribution in [0.25, 0.3) is 0 Å². The fourth-order valence-electron chi connectivity index (χ4n) is 3.03. The molecule has 1 saturated heterocycles. The number of nitrogens with zero attached hydrogens (tertiary/aromatic N) is 1. The maximum absolute atomic E-state index is 13.3. The maximum Gasteiger partial charge on any atom is 0.272 e. The second-order valence-corrected chi connectivity index (χ2v) is 5.89. The first-order valence-electron chi connectivity index (χ1n) is 7.81. The Kier molecular flexibility index (Phi) is 4.34. The molecule has 0 spiro atoms. The lowest BCUT2D eigenvalue weighted by Gasteiger charge is -2.24. The molecule has 0 bridgehead atoms. The van der Waals surface area contributed by atoms with Gasteiger partial charge in [0.25, 0.3) is 5.91 Å². The van der Waals surface area contributed by atoms with Crippen molar-refractivity contribution in [3.63, 3.8) is 0 Å². The predicted octanol–water partition coefficient (Wildman–Crippen LogP) is 2.81. The molecule has 3 rings (SSSR count). The number of aromatic nitrogens is 1. The third-order valence-electron chi connectivity index (χ3n) is 4.32. The number of nitrogens with two attached hydrogens (primary N) is 1. The van der Waals surface area contributed by atoms with Gasteiger partial charge >= 0.3 is 0 Å². The zero-order valence-corrected chi connectivity index (χ0v) is 13.1. The van der Waals surface area contributed by atoms with Crippen molar-refractivity contribution in [1.82, 2.24) is 9.88 Å². The maximum atomic E-state index is 13.3. The lowest BCUT2D eigenvalue weighted by molar-refractivity contribution is 0.101. The van der Waals surface area contributed by atoms with Crippen LogP contribution < -0.4 is 16.4 Å². The van der Waals surface area contributed by atoms with E-state index in [0.29, 0.717) is 11.4 Å². The van der Waals surface area contributed by atoms with Crippen LogP contribution in [0, 0.1) is 5.82 Å². The van der Waals surface area contributed by atoms with Crippen molar-refractivity contribution in [3.8, 4) is 0 Å². The molecule has 1 unspecified atom stereocenters. The molecule has 2 aromatic rings. The number of amides is 1. The molecule has 0 aliphatic carbocycles. The van der Waals surface area contributed by atoms with E-state index in [1.165, 1.54) is 31.0 Å². The molecule has 1 atom stereocenters. The molecule has 1 aliphatic rings. The molecular weight excluding hydrogens is 295 g/mol. The van der Waals surface area contributed by atoms with Gasteiger partial charge in [-0.2, -0.15) is 0 Å². The summed E-state index contributed by atoms with van der Waals surface area (Å²) in [5.41, 5.74) is 8.01. The van der Waals surface area contributed by atoms with Crippen molar-refractivity contribution in [2.24, 2.45) is 7.05 Å². The number of rotatable bonds is 3. The van der Waals surface area contributed by atoms with Gasteiger partial charge in [-0.15, -0.1) is 0 Å². The van der Waals surface area contributed by atoms with Crippen molar-refractivity contribution in [1.29, 1.82) is 0 Å². The van der Waals surface area contributed by atoms with Crippen LogP contribution in [0.1, 0.15) is 41.5 Å². The van der Waals surface area contributed by atoms with Gasteiger partial charge in [0, 0.05) is 18.8 Å². The van der Waals surface area contributed by atoms with Crippen LogP contribution in [0.15, 0.2) is 30.3 Å². The Labute approximate surface area is 134 Å². The molecule has 1 amide bonds. The van der Waals surface area contributed by atoms with Crippen LogP contribution >= 0.6 is 0 Å². The van der Waals surface area contributed by atoms with Crippen molar-refractivity contribution >= 4 is 17.3 Å². The third kappa shape index (κ3) is 3.22. The summed E-state index contributed by atoms with van der Waals surface area (Å²) in [5, 5.41) is 6.15. The van der Waals surface area contributed by atoms with E-state index >= 15 is 0 Å². The van der Waals surface area contributed by atoms with Gasteiger partial charge < -0.3 is 20.9 Å². The smallest absolute Gasteiger partial charge is 0.272 e. The minimum Gasteiger partial charge on any atom is -0.397 e. The largest absolute Gasteiger partial charge is 0.397 e. The van der Waals surface area contributed by atoms with Gasteiger partial charge in [0.1, 0.15) is 11.5 Å². The molecule has 4 N–H and O–H groups in total. The standard InChI is InChI=1S/C17H21FN4O/c1-22-15(13-4-2-3-9-20-13)7-8-16(22)17(23)21-14-10-11(18)5-6-12(14)19/h5-8,10,13,20H,2-4,9,19H2,1H3,(H,21,23). The highest BCUT2D eigenvalue weighted by Crippen LogP contribution is 2.25. The van der Waals surface area contributed by atoms with Crippen LogP contribution in [-0.4, -0.2) is 17.0 Å². The van der Waals surface area contributed by atoms with Crippen LogP contribution in [0.5, 0.6) is 0 Å². The van der Waals surface area contributed by atoms with Crippen LogP contribution in [0.2, 0.25) is 0 Å². The number of piperidine rings is 1. The van der Waals surface area contributed by atoms with Gasteiger partial charge in [0.15, 0.2) is 0 Å². The number of carbonyl (C=O) groups excluding carboxylic acids is 1. The van der Waals surface area contributed by atoms with Crippen LogP contribution in [0.3, 0.4) is 0 Å². The van der Waals surface area contributed by atoms with E-state index in [1.807, 2.05) is 17.7 Å². The van der Waals surface area contributed by atoms with Crippen molar-refractivity contribution in [3.05, 3.63) is 47.5 Å². The number of nitrogen functional groups attached to an aromatic ring is 1. The van der Waals surface area contributed by atoms with E-state index < -0.39 is 5.82 Å². The molecule has 5 nitrogen and oxygen atoms in total. The average molecular weight is 316 g/mol. The van der Waals surface area contributed by atoms with E-state index in [2.05, 4.69) is 10.6 Å². The van der Waals surface area contributed by atoms with Gasteiger partial charge in [-0.25, -0.2) is 4.39 Å². The predicted molar refractivity (Wildman–Crippen MR) is 88.8 cm³/mol. The molecule has 1 aromatic heterocycles. The first kappa shape index (κ1) is 15.6. The Hall–Kier alpha value is -2.34. The van der Waals surface area contributed by atoms with E-state index in [4.69, 9.17) is 5.73 Å². The lowest BCUT2D eigenvalue weighted by Crippen LogP contribution is -2.29. The minimum atomic E-state index is -0.437. The normalized spacial score (nSPS) is 17.9. The van der Waals surface area contributed by atoms with Crippen LogP contribution in [0.4, 0.5) is 15.8 Å². The highest BCUT2D eigenvalue weighted by atomic mass is 19.1. The van der Waals surface area contributed by atoms with Gasteiger partial charge in [-0.05, 0) is 49.7 Å². The summed E-state index contributed by atoms with van der Waals surface area (Å²) in [4.78, 5) is 12.5. The van der Waals surface area contributed by atoms with Crippen LogP contribution in [-0.2, 0) is 7.05 Å². The molecule has 23 heavy (non-hydrogen) atoms. The lowest BCUT2D eigenvalue weighted by atomic mass is 10.0. The third-order valence-corrected chi connectivity index (χ3v) is 4.32. The molecule has 2 heterocycles.